The van der Waals surface area contributed by atoms with E-state index < -0.39 is 22.1 Å². The van der Waals surface area contributed by atoms with Crippen molar-refractivity contribution in [2.24, 2.45) is 11.3 Å². The normalized spacial score (nSPS) is 27.1. The van der Waals surface area contributed by atoms with Gasteiger partial charge in [-0.2, -0.15) is 12.7 Å². The minimum atomic E-state index is -3.64. The Morgan fingerprint density at radius 1 is 1.42 bits per heavy atom. The van der Waals surface area contributed by atoms with Crippen molar-refractivity contribution < 1.29 is 23.4 Å². The molecule has 0 amide bonds. The SMILES string of the molecule is O=C(O)C1CCCN(S(=O)(=O)NCC2(CO)CC2)C1. The van der Waals surface area contributed by atoms with Crippen LogP contribution in [0, 0.1) is 11.3 Å². The van der Waals surface area contributed by atoms with Gasteiger partial charge in [-0.05, 0) is 25.7 Å². The molecule has 0 radical (unpaired) electrons. The van der Waals surface area contributed by atoms with Gasteiger partial charge in [-0.25, -0.2) is 4.72 Å². The van der Waals surface area contributed by atoms with E-state index in [1.165, 1.54) is 4.31 Å². The highest BCUT2D eigenvalue weighted by Gasteiger charge is 2.43. The zero-order valence-electron chi connectivity index (χ0n) is 10.7. The van der Waals surface area contributed by atoms with Gasteiger partial charge in [-0.1, -0.05) is 0 Å². The number of nitrogens with zero attached hydrogens (tertiary/aromatic N) is 1. The van der Waals surface area contributed by atoms with Crippen molar-refractivity contribution in [2.45, 2.75) is 25.7 Å². The van der Waals surface area contributed by atoms with E-state index in [-0.39, 0.29) is 25.1 Å². The van der Waals surface area contributed by atoms with Crippen LogP contribution >= 0.6 is 0 Å². The van der Waals surface area contributed by atoms with Crippen molar-refractivity contribution in [1.29, 1.82) is 0 Å². The molecule has 0 spiro atoms. The molecule has 0 aromatic heterocycles. The second-order valence-electron chi connectivity index (χ2n) is 5.52. The number of carboxylic acid groups (broad SMARTS) is 1. The fraction of sp³-hybridized carbons (Fsp3) is 0.909. The molecule has 1 heterocycles. The minimum absolute atomic E-state index is 0.0206. The zero-order chi connectivity index (χ0) is 14.1. The van der Waals surface area contributed by atoms with Gasteiger partial charge in [-0.3, -0.25) is 4.79 Å². The molecule has 2 fully saturated rings. The van der Waals surface area contributed by atoms with Crippen molar-refractivity contribution in [2.75, 3.05) is 26.2 Å². The summed E-state index contributed by atoms with van der Waals surface area (Å²) in [6.45, 7) is 0.579. The molecule has 1 saturated carbocycles. The predicted molar refractivity (Wildman–Crippen MR) is 67.6 cm³/mol. The maximum absolute atomic E-state index is 12.1. The molecule has 2 rings (SSSR count). The van der Waals surface area contributed by atoms with Crippen LogP contribution in [0.4, 0.5) is 0 Å². The first-order chi connectivity index (χ1) is 8.88. The third-order valence-corrected chi connectivity index (χ3v) is 5.52. The number of hydrogen-bond donors (Lipinski definition) is 3. The Balaban J connectivity index is 1.93. The standard InChI is InChI=1S/C11H20N2O5S/c14-8-11(3-4-11)7-12-19(17,18)13-5-1-2-9(6-13)10(15)16/h9,12,14H,1-8H2,(H,15,16). The largest absolute Gasteiger partial charge is 0.481 e. The maximum atomic E-state index is 12.1. The molecule has 0 aromatic carbocycles. The van der Waals surface area contributed by atoms with Gasteiger partial charge >= 0.3 is 5.97 Å². The van der Waals surface area contributed by atoms with Gasteiger partial charge in [0.25, 0.3) is 10.2 Å². The fourth-order valence-corrected chi connectivity index (χ4v) is 3.68. The number of aliphatic hydroxyl groups is 1. The fourth-order valence-electron chi connectivity index (χ4n) is 2.27. The third-order valence-electron chi connectivity index (χ3n) is 4.00. The van der Waals surface area contributed by atoms with Crippen LogP contribution in [-0.2, 0) is 15.0 Å². The topological polar surface area (TPSA) is 107 Å². The van der Waals surface area contributed by atoms with Crippen molar-refractivity contribution in [3.63, 3.8) is 0 Å². The van der Waals surface area contributed by atoms with E-state index in [0.717, 1.165) is 12.8 Å². The Kier molecular flexibility index (Phi) is 4.14. The average molecular weight is 292 g/mol. The quantitative estimate of drug-likeness (QED) is 0.605. The predicted octanol–water partition coefficient (Wildman–Crippen LogP) is -0.610. The molecule has 3 N–H and O–H groups in total. The molecule has 8 heteroatoms. The summed E-state index contributed by atoms with van der Waals surface area (Å²) in [7, 11) is -3.64. The van der Waals surface area contributed by atoms with Crippen LogP contribution in [0.2, 0.25) is 0 Å². The molecule has 110 valence electrons. The van der Waals surface area contributed by atoms with Gasteiger partial charge in [0.2, 0.25) is 0 Å². The van der Waals surface area contributed by atoms with Gasteiger partial charge in [0, 0.05) is 31.7 Å². The second kappa shape index (κ2) is 5.35. The summed E-state index contributed by atoms with van der Waals surface area (Å²) in [4.78, 5) is 10.9. The molecule has 1 aliphatic heterocycles. The molecule has 1 unspecified atom stereocenters. The summed E-state index contributed by atoms with van der Waals surface area (Å²) in [5, 5.41) is 18.1. The summed E-state index contributed by atoms with van der Waals surface area (Å²) in [5.74, 6) is -1.58. The van der Waals surface area contributed by atoms with Crippen molar-refractivity contribution in [3.05, 3.63) is 0 Å². The highest BCUT2D eigenvalue weighted by molar-refractivity contribution is 7.87. The van der Waals surface area contributed by atoms with Crippen LogP contribution in [-0.4, -0.2) is 55.1 Å². The molecule has 0 aromatic rings. The van der Waals surface area contributed by atoms with Gasteiger partial charge < -0.3 is 10.2 Å². The van der Waals surface area contributed by atoms with Crippen LogP contribution in [0.1, 0.15) is 25.7 Å². The highest BCUT2D eigenvalue weighted by atomic mass is 32.2. The number of carboxylic acids is 1. The average Bonchev–Trinajstić information content (AvgIpc) is 3.17. The van der Waals surface area contributed by atoms with Crippen LogP contribution < -0.4 is 4.72 Å². The van der Waals surface area contributed by atoms with E-state index in [0.29, 0.717) is 19.4 Å². The van der Waals surface area contributed by atoms with Gasteiger partial charge in [-0.15, -0.1) is 0 Å². The number of aliphatic hydroxyl groups excluding tert-OH is 1. The van der Waals surface area contributed by atoms with Crippen LogP contribution in [0.3, 0.4) is 0 Å². The summed E-state index contributed by atoms with van der Waals surface area (Å²) < 4.78 is 27.9. The number of hydrogen-bond acceptors (Lipinski definition) is 4. The summed E-state index contributed by atoms with van der Waals surface area (Å²) in [6.07, 6.45) is 2.72. The Bertz CT molecular complexity index is 446. The lowest BCUT2D eigenvalue weighted by Gasteiger charge is -2.30. The van der Waals surface area contributed by atoms with E-state index in [1.54, 1.807) is 0 Å². The molecular formula is C11H20N2O5S. The van der Waals surface area contributed by atoms with Gasteiger partial charge in [0.1, 0.15) is 0 Å². The summed E-state index contributed by atoms with van der Waals surface area (Å²) in [5.41, 5.74) is -0.297. The summed E-state index contributed by atoms with van der Waals surface area (Å²) >= 11 is 0. The molecule has 7 nitrogen and oxygen atoms in total. The monoisotopic (exact) mass is 292 g/mol. The zero-order valence-corrected chi connectivity index (χ0v) is 11.5. The third kappa shape index (κ3) is 3.44. The molecule has 19 heavy (non-hydrogen) atoms. The van der Waals surface area contributed by atoms with Crippen molar-refractivity contribution >= 4 is 16.2 Å². The van der Waals surface area contributed by atoms with E-state index in [9.17, 15) is 13.2 Å². The summed E-state index contributed by atoms with van der Waals surface area (Å²) in [6, 6.07) is 0. The maximum Gasteiger partial charge on any atom is 0.307 e. The van der Waals surface area contributed by atoms with Crippen LogP contribution in [0.15, 0.2) is 0 Å². The number of nitrogens with one attached hydrogen (secondary N) is 1. The highest BCUT2D eigenvalue weighted by Crippen LogP contribution is 2.44. The van der Waals surface area contributed by atoms with E-state index >= 15 is 0 Å². The number of aliphatic carboxylic acids is 1. The second-order valence-corrected chi connectivity index (χ2v) is 7.27. The molecule has 1 atom stereocenters. The lowest BCUT2D eigenvalue weighted by molar-refractivity contribution is -0.142. The number of piperidine rings is 1. The first-order valence-electron chi connectivity index (χ1n) is 6.47. The molecule has 1 saturated heterocycles. The Morgan fingerprint density at radius 3 is 2.63 bits per heavy atom. The number of rotatable bonds is 6. The van der Waals surface area contributed by atoms with Crippen LogP contribution in [0.5, 0.6) is 0 Å². The molecule has 1 aliphatic carbocycles. The lowest BCUT2D eigenvalue weighted by Crippen LogP contribution is -2.48. The van der Waals surface area contributed by atoms with Crippen molar-refractivity contribution in [1.82, 2.24) is 9.03 Å². The van der Waals surface area contributed by atoms with Crippen molar-refractivity contribution in [3.8, 4) is 0 Å². The molecular weight excluding hydrogens is 272 g/mol. The Morgan fingerprint density at radius 2 is 2.11 bits per heavy atom. The van der Waals surface area contributed by atoms with E-state index in [2.05, 4.69) is 4.72 Å². The molecule has 0 bridgehead atoms. The first kappa shape index (κ1) is 14.7. The number of carbonyl (C=O) groups is 1. The van der Waals surface area contributed by atoms with Gasteiger partial charge in [0.05, 0.1) is 5.92 Å². The van der Waals surface area contributed by atoms with Gasteiger partial charge in [0.15, 0.2) is 0 Å². The lowest BCUT2D eigenvalue weighted by atomic mass is 10.0. The van der Waals surface area contributed by atoms with Crippen LogP contribution in [0.25, 0.3) is 0 Å². The Hall–Kier alpha value is -0.700. The smallest absolute Gasteiger partial charge is 0.307 e. The van der Waals surface area contributed by atoms with E-state index in [4.69, 9.17) is 10.2 Å². The van der Waals surface area contributed by atoms with E-state index in [1.807, 2.05) is 0 Å². The minimum Gasteiger partial charge on any atom is -0.481 e. The Labute approximate surface area is 112 Å². The molecule has 2 aliphatic rings. The first-order valence-corrected chi connectivity index (χ1v) is 7.91.